The average molecular weight is 431 g/mol. The molecule has 0 radical (unpaired) electrons. The fourth-order valence-electron chi connectivity index (χ4n) is 3.21. The number of nitrogens with zero attached hydrogens (tertiary/aromatic N) is 1. The monoisotopic (exact) mass is 430 g/mol. The van der Waals surface area contributed by atoms with Gasteiger partial charge in [0.15, 0.2) is 0 Å². The van der Waals surface area contributed by atoms with Crippen LogP contribution < -0.4 is 16.0 Å². The summed E-state index contributed by atoms with van der Waals surface area (Å²) in [6.45, 7) is 0. The Morgan fingerprint density at radius 2 is 1.48 bits per heavy atom. The van der Waals surface area contributed by atoms with Crippen molar-refractivity contribution in [2.75, 3.05) is 7.11 Å². The second kappa shape index (κ2) is 8.90. The van der Waals surface area contributed by atoms with Crippen molar-refractivity contribution < 1.29 is 4.74 Å². The van der Waals surface area contributed by atoms with Crippen molar-refractivity contribution >= 4 is 23.8 Å². The molecule has 1 aromatic heterocycles. The maximum Gasteiger partial charge on any atom is 0.333 e. The molecule has 4 aromatic rings. The predicted molar refractivity (Wildman–Crippen MR) is 125 cm³/mol. The van der Waals surface area contributed by atoms with Crippen molar-refractivity contribution in [1.29, 1.82) is 0 Å². The van der Waals surface area contributed by atoms with Crippen molar-refractivity contribution in [3.63, 3.8) is 0 Å². The summed E-state index contributed by atoms with van der Waals surface area (Å²) in [6.07, 6.45) is 3.94. The van der Waals surface area contributed by atoms with E-state index in [0.29, 0.717) is 22.0 Å². The van der Waals surface area contributed by atoms with Gasteiger partial charge in [-0.15, -0.1) is 0 Å². The maximum atomic E-state index is 12.7. The fraction of sp³-hybridized carbons (Fsp3) is 0.0400. The van der Waals surface area contributed by atoms with Crippen LogP contribution in [0.4, 0.5) is 0 Å². The Morgan fingerprint density at radius 3 is 2.06 bits per heavy atom. The van der Waals surface area contributed by atoms with Crippen molar-refractivity contribution in [1.82, 2.24) is 9.55 Å². The average Bonchev–Trinajstić information content (AvgIpc) is 2.78. The first kappa shape index (κ1) is 20.4. The predicted octanol–water partition coefficient (Wildman–Crippen LogP) is 5.03. The molecule has 6 heteroatoms. The van der Waals surface area contributed by atoms with Crippen LogP contribution in [-0.4, -0.2) is 16.7 Å². The lowest BCUT2D eigenvalue weighted by Crippen LogP contribution is -2.33. The fourth-order valence-corrected chi connectivity index (χ4v) is 3.44. The number of rotatable bonds is 5. The molecule has 31 heavy (non-hydrogen) atoms. The summed E-state index contributed by atoms with van der Waals surface area (Å²) in [6, 6.07) is 23.3. The van der Waals surface area contributed by atoms with E-state index in [-0.39, 0.29) is 0 Å². The third-order valence-electron chi connectivity index (χ3n) is 4.83. The first-order valence-electron chi connectivity index (χ1n) is 9.59. The highest BCUT2D eigenvalue weighted by atomic mass is 35.5. The summed E-state index contributed by atoms with van der Waals surface area (Å²) in [5, 5.41) is 0.461. The zero-order chi connectivity index (χ0) is 21.8. The summed E-state index contributed by atoms with van der Waals surface area (Å²) < 4.78 is 6.25. The van der Waals surface area contributed by atoms with Crippen LogP contribution in [0, 0.1) is 0 Å². The SMILES string of the molecule is COc1ccc(/C=C/c2ccc(-n3c(=O)cc(-c4ccccc4Cl)[nH]c3=O)cc2)cc1. The lowest BCUT2D eigenvalue weighted by Gasteiger charge is -2.08. The Kier molecular flexibility index (Phi) is 5.87. The molecule has 0 amide bonds. The highest BCUT2D eigenvalue weighted by Crippen LogP contribution is 2.24. The third kappa shape index (κ3) is 4.52. The van der Waals surface area contributed by atoms with E-state index in [1.54, 1.807) is 43.5 Å². The molecular weight excluding hydrogens is 412 g/mol. The second-order valence-corrected chi connectivity index (χ2v) is 7.25. The number of benzene rings is 3. The molecule has 0 aliphatic rings. The number of nitrogens with one attached hydrogen (secondary N) is 1. The molecule has 0 spiro atoms. The number of H-pyrrole nitrogens is 1. The minimum atomic E-state index is -0.524. The Morgan fingerprint density at radius 1 is 0.871 bits per heavy atom. The topological polar surface area (TPSA) is 64.1 Å². The molecule has 0 aliphatic carbocycles. The second-order valence-electron chi connectivity index (χ2n) is 6.84. The molecule has 0 aliphatic heterocycles. The van der Waals surface area contributed by atoms with Crippen molar-refractivity contribution in [3.05, 3.63) is 116 Å². The van der Waals surface area contributed by atoms with E-state index in [9.17, 15) is 9.59 Å². The number of aromatic nitrogens is 2. The number of methoxy groups -OCH3 is 1. The number of ether oxygens (including phenoxy) is 1. The molecule has 0 saturated carbocycles. The van der Waals surface area contributed by atoms with Crippen LogP contribution >= 0.6 is 11.6 Å². The van der Waals surface area contributed by atoms with Gasteiger partial charge in [0, 0.05) is 16.7 Å². The first-order valence-corrected chi connectivity index (χ1v) is 9.97. The molecule has 3 aromatic carbocycles. The molecule has 1 heterocycles. The van der Waals surface area contributed by atoms with Gasteiger partial charge in [-0.3, -0.25) is 4.79 Å². The number of halogens is 1. The van der Waals surface area contributed by atoms with Crippen molar-refractivity contribution in [2.45, 2.75) is 0 Å². The van der Waals surface area contributed by atoms with Crippen LogP contribution in [0.15, 0.2) is 88.5 Å². The third-order valence-corrected chi connectivity index (χ3v) is 5.16. The van der Waals surface area contributed by atoms with Crippen molar-refractivity contribution in [2.24, 2.45) is 0 Å². The van der Waals surface area contributed by atoms with Gasteiger partial charge in [-0.25, -0.2) is 9.36 Å². The van der Waals surface area contributed by atoms with Gasteiger partial charge < -0.3 is 9.72 Å². The minimum Gasteiger partial charge on any atom is -0.497 e. The van der Waals surface area contributed by atoms with Gasteiger partial charge in [-0.2, -0.15) is 0 Å². The number of hydrogen-bond donors (Lipinski definition) is 1. The van der Waals surface area contributed by atoms with Gasteiger partial charge in [0.25, 0.3) is 5.56 Å². The van der Waals surface area contributed by atoms with Gasteiger partial charge in [-0.05, 0) is 41.5 Å². The Balaban J connectivity index is 1.60. The van der Waals surface area contributed by atoms with E-state index in [4.69, 9.17) is 16.3 Å². The summed E-state index contributed by atoms with van der Waals surface area (Å²) in [7, 11) is 1.63. The molecule has 5 nitrogen and oxygen atoms in total. The molecule has 1 N–H and O–H groups in total. The molecule has 0 unspecified atom stereocenters. The van der Waals surface area contributed by atoms with Gasteiger partial charge in [0.2, 0.25) is 0 Å². The highest BCUT2D eigenvalue weighted by Gasteiger charge is 2.10. The molecular formula is C25H19ClN2O3. The van der Waals surface area contributed by atoms with Gasteiger partial charge in [0.05, 0.1) is 18.5 Å². The summed E-state index contributed by atoms with van der Waals surface area (Å²) in [5.41, 5.74) is 2.49. The van der Waals surface area contributed by atoms with E-state index in [1.807, 2.05) is 48.6 Å². The van der Waals surface area contributed by atoms with Crippen LogP contribution in [0.3, 0.4) is 0 Å². The summed E-state index contributed by atoms with van der Waals surface area (Å²) >= 11 is 6.18. The Labute approximate surface area is 183 Å². The Bertz CT molecular complexity index is 1320. The molecule has 0 atom stereocenters. The highest BCUT2D eigenvalue weighted by molar-refractivity contribution is 6.33. The van der Waals surface area contributed by atoms with Crippen LogP contribution in [0.1, 0.15) is 11.1 Å². The van der Waals surface area contributed by atoms with E-state index >= 15 is 0 Å². The maximum absolute atomic E-state index is 12.7. The van der Waals surface area contributed by atoms with Crippen LogP contribution in [0.2, 0.25) is 5.02 Å². The standard InChI is InChI=1S/C25H19ClN2O3/c1-31-20-14-10-18(11-15-20)7-6-17-8-12-19(13-9-17)28-24(29)16-23(27-25(28)30)21-4-2-3-5-22(21)26/h2-16H,1H3,(H,27,30)/b7-6+. The normalized spacial score (nSPS) is 11.0. The minimum absolute atomic E-state index is 0.385. The largest absolute Gasteiger partial charge is 0.497 e. The number of aromatic amines is 1. The van der Waals surface area contributed by atoms with Gasteiger partial charge >= 0.3 is 5.69 Å². The van der Waals surface area contributed by atoms with Crippen LogP contribution in [0.5, 0.6) is 5.75 Å². The lowest BCUT2D eigenvalue weighted by molar-refractivity contribution is 0.415. The van der Waals surface area contributed by atoms with Crippen molar-refractivity contribution in [3.8, 4) is 22.7 Å². The van der Waals surface area contributed by atoms with E-state index in [0.717, 1.165) is 21.4 Å². The molecule has 0 bridgehead atoms. The smallest absolute Gasteiger partial charge is 0.333 e. The quantitative estimate of drug-likeness (QED) is 0.452. The molecule has 0 saturated heterocycles. The van der Waals surface area contributed by atoms with Crippen LogP contribution in [-0.2, 0) is 0 Å². The molecule has 4 rings (SSSR count). The van der Waals surface area contributed by atoms with Crippen LogP contribution in [0.25, 0.3) is 29.1 Å². The van der Waals surface area contributed by atoms with Gasteiger partial charge in [-0.1, -0.05) is 66.2 Å². The first-order chi connectivity index (χ1) is 15.0. The van der Waals surface area contributed by atoms with E-state index in [1.165, 1.54) is 6.07 Å². The van der Waals surface area contributed by atoms with Gasteiger partial charge in [0.1, 0.15) is 5.75 Å². The zero-order valence-corrected chi connectivity index (χ0v) is 17.5. The summed E-state index contributed by atoms with van der Waals surface area (Å²) in [4.78, 5) is 28.0. The zero-order valence-electron chi connectivity index (χ0n) is 16.7. The molecule has 0 fully saturated rings. The Hall–Kier alpha value is -3.83. The van der Waals surface area contributed by atoms with E-state index in [2.05, 4.69) is 4.98 Å². The number of hydrogen-bond acceptors (Lipinski definition) is 3. The molecule has 154 valence electrons. The van der Waals surface area contributed by atoms with E-state index < -0.39 is 11.2 Å². The summed E-state index contributed by atoms with van der Waals surface area (Å²) in [5.74, 6) is 0.803. The lowest BCUT2D eigenvalue weighted by atomic mass is 10.1.